The Kier molecular flexibility index (Phi) is 5.88. The van der Waals surface area contributed by atoms with Crippen LogP contribution >= 0.6 is 0 Å². The predicted molar refractivity (Wildman–Crippen MR) is 131 cm³/mol. The van der Waals surface area contributed by atoms with Gasteiger partial charge in [-0.15, -0.1) is 15.3 Å². The fourth-order valence-electron chi connectivity index (χ4n) is 4.27. The quantitative estimate of drug-likeness (QED) is 0.321. The maximum Gasteiger partial charge on any atom is 0.240 e. The number of hydrogen-bond donors (Lipinski definition) is 0. The van der Waals surface area contributed by atoms with Crippen molar-refractivity contribution in [3.8, 4) is 17.3 Å². The summed E-state index contributed by atoms with van der Waals surface area (Å²) in [5.41, 5.74) is 2.69. The smallest absolute Gasteiger partial charge is 0.240 e. The molecule has 0 atom stereocenters. The van der Waals surface area contributed by atoms with Crippen molar-refractivity contribution < 1.29 is 18.7 Å². The van der Waals surface area contributed by atoms with Crippen molar-refractivity contribution >= 4 is 22.2 Å². The molecule has 1 fully saturated rings. The zero-order valence-electron chi connectivity index (χ0n) is 19.8. The lowest BCUT2D eigenvalue weighted by atomic mass is 10.1. The Bertz CT molecular complexity index is 1540. The van der Waals surface area contributed by atoms with Crippen molar-refractivity contribution in [2.75, 3.05) is 32.8 Å². The number of aromatic nitrogens is 5. The highest BCUT2D eigenvalue weighted by atomic mass is 16.5. The minimum absolute atomic E-state index is 0.0459. The first kappa shape index (κ1) is 22.3. The van der Waals surface area contributed by atoms with E-state index < -0.39 is 0 Å². The molecule has 0 radical (unpaired) electrons. The van der Waals surface area contributed by atoms with E-state index in [1.807, 2.05) is 43.3 Å². The van der Waals surface area contributed by atoms with Gasteiger partial charge in [0.1, 0.15) is 18.6 Å². The number of carbonyl (C=O) groups is 1. The highest BCUT2D eigenvalue weighted by molar-refractivity contribution is 5.97. The van der Waals surface area contributed by atoms with Crippen LogP contribution in [0.2, 0.25) is 0 Å². The molecule has 10 nitrogen and oxygen atoms in total. The lowest BCUT2D eigenvalue weighted by Gasteiger charge is -2.25. The summed E-state index contributed by atoms with van der Waals surface area (Å²) in [7, 11) is 0. The molecule has 5 aromatic rings. The van der Waals surface area contributed by atoms with Crippen LogP contribution in [-0.2, 0) is 11.3 Å². The summed E-state index contributed by atoms with van der Waals surface area (Å²) in [6, 6.07) is 13.3. The van der Waals surface area contributed by atoms with Crippen LogP contribution in [0.5, 0.6) is 5.88 Å². The van der Waals surface area contributed by atoms with Crippen LogP contribution in [-0.4, -0.2) is 68.3 Å². The van der Waals surface area contributed by atoms with Gasteiger partial charge in [-0.3, -0.25) is 14.7 Å². The first-order chi connectivity index (χ1) is 17.7. The molecule has 10 heteroatoms. The molecule has 182 valence electrons. The van der Waals surface area contributed by atoms with Crippen LogP contribution < -0.4 is 4.74 Å². The SMILES string of the molecule is Cc1cc(-c2nnc3c4ccccc4c(OCc4ccc(C(=O)CN5CCOCC5)cn4)nn23)co1. The largest absolute Gasteiger partial charge is 0.470 e. The van der Waals surface area contributed by atoms with Crippen LogP contribution in [0.15, 0.2) is 59.3 Å². The van der Waals surface area contributed by atoms with Gasteiger partial charge in [-0.05, 0) is 31.2 Å². The van der Waals surface area contributed by atoms with Gasteiger partial charge in [0.05, 0.1) is 31.0 Å². The standard InChI is InChI=1S/C26H24N6O4/c1-17-12-19(15-35-17)24-28-29-25-21-4-2-3-5-22(21)26(30-32(24)25)36-16-20-7-6-18(13-27-20)23(33)14-31-8-10-34-11-9-31/h2-7,12-13,15H,8-11,14,16H2,1H3. The summed E-state index contributed by atoms with van der Waals surface area (Å²) in [6.07, 6.45) is 3.24. The van der Waals surface area contributed by atoms with E-state index in [0.717, 1.165) is 35.2 Å². The number of aryl methyl sites for hydroxylation is 1. The minimum Gasteiger partial charge on any atom is -0.470 e. The molecule has 1 saturated heterocycles. The Morgan fingerprint density at radius 3 is 2.67 bits per heavy atom. The predicted octanol–water partition coefficient (Wildman–Crippen LogP) is 3.33. The molecule has 0 spiro atoms. The number of benzene rings is 1. The Balaban J connectivity index is 1.24. The molecule has 0 unspecified atom stereocenters. The zero-order valence-corrected chi connectivity index (χ0v) is 19.8. The number of Topliss-reactive ketones (excluding diaryl/α,β-unsaturated/α-hetero) is 1. The van der Waals surface area contributed by atoms with E-state index in [-0.39, 0.29) is 12.4 Å². The van der Waals surface area contributed by atoms with Gasteiger partial charge in [0, 0.05) is 35.6 Å². The van der Waals surface area contributed by atoms with E-state index in [1.165, 1.54) is 0 Å². The molecule has 0 bridgehead atoms. The van der Waals surface area contributed by atoms with Crippen LogP contribution in [0.4, 0.5) is 0 Å². The molecule has 36 heavy (non-hydrogen) atoms. The van der Waals surface area contributed by atoms with Crippen molar-refractivity contribution in [2.45, 2.75) is 13.5 Å². The monoisotopic (exact) mass is 484 g/mol. The third-order valence-corrected chi connectivity index (χ3v) is 6.19. The topological polar surface area (TPSA) is 108 Å². The van der Waals surface area contributed by atoms with Gasteiger partial charge in [-0.25, -0.2) is 0 Å². The highest BCUT2D eigenvalue weighted by Crippen LogP contribution is 2.29. The number of morpholine rings is 1. The first-order valence-corrected chi connectivity index (χ1v) is 11.8. The normalized spacial score (nSPS) is 14.5. The summed E-state index contributed by atoms with van der Waals surface area (Å²) >= 11 is 0. The number of ketones is 1. The fourth-order valence-corrected chi connectivity index (χ4v) is 4.27. The van der Waals surface area contributed by atoms with Crippen molar-refractivity contribution in [3.05, 3.63) is 71.9 Å². The Morgan fingerprint density at radius 2 is 1.92 bits per heavy atom. The third-order valence-electron chi connectivity index (χ3n) is 6.19. The average molecular weight is 485 g/mol. The minimum atomic E-state index is 0.0459. The maximum absolute atomic E-state index is 12.6. The van der Waals surface area contributed by atoms with Gasteiger partial charge in [-0.1, -0.05) is 18.2 Å². The lowest BCUT2D eigenvalue weighted by molar-refractivity contribution is 0.0371. The Hall–Kier alpha value is -4.15. The van der Waals surface area contributed by atoms with Gasteiger partial charge in [0.25, 0.3) is 0 Å². The number of hydrogen-bond acceptors (Lipinski definition) is 9. The molecule has 0 aliphatic carbocycles. The average Bonchev–Trinajstić information content (AvgIpc) is 3.54. The summed E-state index contributed by atoms with van der Waals surface area (Å²) in [5, 5.41) is 15.1. The second kappa shape index (κ2) is 9.48. The summed E-state index contributed by atoms with van der Waals surface area (Å²) in [5.74, 6) is 1.83. The van der Waals surface area contributed by atoms with E-state index in [0.29, 0.717) is 48.4 Å². The van der Waals surface area contributed by atoms with Crippen LogP contribution in [0.25, 0.3) is 27.8 Å². The second-order valence-electron chi connectivity index (χ2n) is 8.69. The van der Waals surface area contributed by atoms with Gasteiger partial charge in [0.2, 0.25) is 5.88 Å². The molecule has 1 aromatic carbocycles. The summed E-state index contributed by atoms with van der Waals surface area (Å²) < 4.78 is 18.6. The van der Waals surface area contributed by atoms with Crippen molar-refractivity contribution in [1.29, 1.82) is 0 Å². The van der Waals surface area contributed by atoms with Gasteiger partial charge in [0.15, 0.2) is 17.3 Å². The van der Waals surface area contributed by atoms with Gasteiger partial charge < -0.3 is 13.9 Å². The Labute approximate surface area is 206 Å². The highest BCUT2D eigenvalue weighted by Gasteiger charge is 2.18. The number of fused-ring (bicyclic) bond motifs is 3. The molecule has 5 heterocycles. The fraction of sp³-hybridized carbons (Fsp3) is 0.269. The number of rotatable bonds is 7. The molecule has 4 aromatic heterocycles. The number of nitrogens with zero attached hydrogens (tertiary/aromatic N) is 6. The van der Waals surface area contributed by atoms with E-state index in [2.05, 4.69) is 20.1 Å². The zero-order chi connectivity index (χ0) is 24.5. The number of furan rings is 1. The van der Waals surface area contributed by atoms with E-state index in [1.54, 1.807) is 23.0 Å². The molecule has 0 saturated carbocycles. The van der Waals surface area contributed by atoms with Gasteiger partial charge >= 0.3 is 0 Å². The molecule has 0 N–H and O–H groups in total. The molecule has 1 aliphatic heterocycles. The van der Waals surface area contributed by atoms with Gasteiger partial charge in [-0.2, -0.15) is 4.52 Å². The molecular formula is C26H24N6O4. The Morgan fingerprint density at radius 1 is 1.08 bits per heavy atom. The van der Waals surface area contributed by atoms with Crippen LogP contribution in [0.1, 0.15) is 21.8 Å². The molecule has 6 rings (SSSR count). The van der Waals surface area contributed by atoms with Crippen molar-refractivity contribution in [1.82, 2.24) is 29.7 Å². The number of carbonyl (C=O) groups excluding carboxylic acids is 1. The molecule has 1 aliphatic rings. The lowest BCUT2D eigenvalue weighted by Crippen LogP contribution is -2.39. The van der Waals surface area contributed by atoms with Crippen molar-refractivity contribution in [2.24, 2.45) is 0 Å². The van der Waals surface area contributed by atoms with Crippen LogP contribution in [0, 0.1) is 6.92 Å². The summed E-state index contributed by atoms with van der Waals surface area (Å²) in [6.45, 7) is 5.30. The molecular weight excluding hydrogens is 460 g/mol. The first-order valence-electron chi connectivity index (χ1n) is 11.8. The number of pyridine rings is 1. The third kappa shape index (κ3) is 4.32. The van der Waals surface area contributed by atoms with E-state index >= 15 is 0 Å². The maximum atomic E-state index is 12.6. The van der Waals surface area contributed by atoms with Crippen molar-refractivity contribution in [3.63, 3.8) is 0 Å². The second-order valence-corrected chi connectivity index (χ2v) is 8.69. The van der Waals surface area contributed by atoms with E-state index in [9.17, 15) is 4.79 Å². The summed E-state index contributed by atoms with van der Waals surface area (Å²) in [4.78, 5) is 19.2. The van der Waals surface area contributed by atoms with Crippen LogP contribution in [0.3, 0.4) is 0 Å². The number of ether oxygens (including phenoxy) is 2. The van der Waals surface area contributed by atoms with E-state index in [4.69, 9.17) is 19.0 Å². The molecule has 0 amide bonds.